The molecule has 0 atom stereocenters. The fraction of sp³-hybridized carbons (Fsp3) is 0.375. The maximum absolute atomic E-state index is 5.96. The van der Waals surface area contributed by atoms with Gasteiger partial charge in [-0.3, -0.25) is 0 Å². The lowest BCUT2D eigenvalue weighted by Gasteiger charge is -2.16. The molecule has 0 aliphatic heterocycles. The smallest absolute Gasteiger partial charge is 0.182 e. The first-order chi connectivity index (χ1) is 9.49. The summed E-state index contributed by atoms with van der Waals surface area (Å²) >= 11 is 2.32. The van der Waals surface area contributed by atoms with Crippen LogP contribution in [0.3, 0.4) is 0 Å². The second-order valence-corrected chi connectivity index (χ2v) is 6.26. The molecule has 0 spiro atoms. The fourth-order valence-electron chi connectivity index (χ4n) is 1.70. The first-order valence-electron chi connectivity index (χ1n) is 6.76. The Hall–Kier alpha value is -0.745. The zero-order valence-corrected chi connectivity index (χ0v) is 14.5. The van der Waals surface area contributed by atoms with E-state index in [2.05, 4.69) is 53.4 Å². The summed E-state index contributed by atoms with van der Waals surface area (Å²) in [6.07, 6.45) is 6.19. The Morgan fingerprint density at radius 2 is 1.95 bits per heavy atom. The van der Waals surface area contributed by atoms with Crippen LogP contribution in [0.4, 0.5) is 0 Å². The SMILES string of the molecule is [B]N(C/C=C/C(=C)N(C)C)CCCc1ccc(I)cc1. The summed E-state index contributed by atoms with van der Waals surface area (Å²) in [4.78, 5) is 3.82. The molecule has 2 radical (unpaired) electrons. The predicted octanol–water partition coefficient (Wildman–Crippen LogP) is 3.24. The quantitative estimate of drug-likeness (QED) is 0.388. The second kappa shape index (κ2) is 9.24. The highest BCUT2D eigenvalue weighted by molar-refractivity contribution is 14.1. The van der Waals surface area contributed by atoms with Crippen molar-refractivity contribution in [3.63, 3.8) is 0 Å². The Morgan fingerprint density at radius 3 is 2.55 bits per heavy atom. The van der Waals surface area contributed by atoms with Crippen LogP contribution in [0, 0.1) is 3.57 Å². The maximum atomic E-state index is 5.96. The van der Waals surface area contributed by atoms with E-state index in [0.717, 1.165) is 31.6 Å². The summed E-state index contributed by atoms with van der Waals surface area (Å²) in [7, 11) is 9.92. The first kappa shape index (κ1) is 17.3. The molecule has 0 fully saturated rings. The predicted molar refractivity (Wildman–Crippen MR) is 96.8 cm³/mol. The molecule has 2 nitrogen and oxygen atoms in total. The lowest BCUT2D eigenvalue weighted by atomic mass is 10.1. The van der Waals surface area contributed by atoms with E-state index in [-0.39, 0.29) is 0 Å². The standard InChI is InChI=1S/C16H22BIN2/c1-14(19(2)3)6-4-12-20(17)13-5-7-15-8-10-16(18)11-9-15/h4,6,8-11H,1,5,7,12-13H2,2-3H3/b6-4+. The van der Waals surface area contributed by atoms with Gasteiger partial charge in [0, 0.05) is 29.9 Å². The van der Waals surface area contributed by atoms with E-state index in [4.69, 9.17) is 7.98 Å². The summed E-state index contributed by atoms with van der Waals surface area (Å²) < 4.78 is 1.28. The van der Waals surface area contributed by atoms with E-state index in [1.807, 2.05) is 36.0 Å². The molecule has 0 heterocycles. The lowest BCUT2D eigenvalue weighted by Crippen LogP contribution is -2.22. The molecule has 1 rings (SSSR count). The molecule has 0 unspecified atom stereocenters. The third-order valence-corrected chi connectivity index (χ3v) is 3.77. The van der Waals surface area contributed by atoms with Crippen molar-refractivity contribution in [2.75, 3.05) is 27.2 Å². The molecule has 0 aliphatic rings. The molecule has 4 heteroatoms. The minimum absolute atomic E-state index is 0.750. The fourth-order valence-corrected chi connectivity index (χ4v) is 2.06. The van der Waals surface area contributed by atoms with Crippen LogP contribution in [-0.2, 0) is 6.42 Å². The van der Waals surface area contributed by atoms with Crippen LogP contribution in [-0.4, -0.2) is 44.9 Å². The van der Waals surface area contributed by atoms with Gasteiger partial charge in [0.1, 0.15) is 0 Å². The van der Waals surface area contributed by atoms with Crippen molar-refractivity contribution < 1.29 is 0 Å². The molecule has 106 valence electrons. The topological polar surface area (TPSA) is 6.48 Å². The number of likely N-dealkylation sites (N-methyl/N-ethyl adjacent to an activating group) is 1. The van der Waals surface area contributed by atoms with Crippen LogP contribution in [0.1, 0.15) is 12.0 Å². The third kappa shape index (κ3) is 7.15. The van der Waals surface area contributed by atoms with Crippen LogP contribution in [0.15, 0.2) is 48.7 Å². The molecule has 0 N–H and O–H groups in total. The van der Waals surface area contributed by atoms with Crippen molar-refractivity contribution in [1.82, 2.24) is 9.71 Å². The average Bonchev–Trinajstić information content (AvgIpc) is 2.40. The van der Waals surface area contributed by atoms with Gasteiger partial charge in [-0.1, -0.05) is 24.8 Å². The Kier molecular flexibility index (Phi) is 7.99. The van der Waals surface area contributed by atoms with Crippen LogP contribution in [0.2, 0.25) is 0 Å². The Balaban J connectivity index is 2.21. The van der Waals surface area contributed by atoms with E-state index >= 15 is 0 Å². The highest BCUT2D eigenvalue weighted by Crippen LogP contribution is 2.08. The van der Waals surface area contributed by atoms with Crippen molar-refractivity contribution in [1.29, 1.82) is 0 Å². The summed E-state index contributed by atoms with van der Waals surface area (Å²) in [6.45, 7) is 5.58. The number of halogens is 1. The van der Waals surface area contributed by atoms with Crippen molar-refractivity contribution in [3.05, 3.63) is 57.8 Å². The van der Waals surface area contributed by atoms with Crippen LogP contribution < -0.4 is 0 Å². The molecule has 0 saturated heterocycles. The molecular formula is C16H22BIN2. The number of hydrogen-bond donors (Lipinski definition) is 0. The molecule has 1 aromatic rings. The Morgan fingerprint density at radius 1 is 1.30 bits per heavy atom. The maximum Gasteiger partial charge on any atom is 0.182 e. The van der Waals surface area contributed by atoms with Gasteiger partial charge < -0.3 is 9.71 Å². The molecule has 0 aliphatic carbocycles. The molecule has 20 heavy (non-hydrogen) atoms. The molecule has 0 aromatic heterocycles. The summed E-state index contributed by atoms with van der Waals surface area (Å²) in [5.41, 5.74) is 2.35. The van der Waals surface area contributed by atoms with Gasteiger partial charge in [0.25, 0.3) is 0 Å². The number of allylic oxidation sites excluding steroid dienone is 1. The van der Waals surface area contributed by atoms with Gasteiger partial charge in [-0.05, 0) is 65.7 Å². The molecule has 0 amide bonds. The van der Waals surface area contributed by atoms with Gasteiger partial charge in [-0.15, -0.1) is 0 Å². The summed E-state index contributed by atoms with van der Waals surface area (Å²) in [5, 5.41) is 0. The van der Waals surface area contributed by atoms with Gasteiger partial charge >= 0.3 is 0 Å². The number of hydrogen-bond acceptors (Lipinski definition) is 2. The minimum Gasteiger partial charge on any atom is -0.378 e. The molecular weight excluding hydrogens is 358 g/mol. The largest absolute Gasteiger partial charge is 0.378 e. The first-order valence-corrected chi connectivity index (χ1v) is 7.84. The number of aryl methyl sites for hydroxylation is 1. The highest BCUT2D eigenvalue weighted by atomic mass is 127. The highest BCUT2D eigenvalue weighted by Gasteiger charge is 1.98. The second-order valence-electron chi connectivity index (χ2n) is 5.01. The number of benzene rings is 1. The van der Waals surface area contributed by atoms with Gasteiger partial charge in [-0.25, -0.2) is 0 Å². The van der Waals surface area contributed by atoms with Crippen molar-refractivity contribution >= 4 is 30.6 Å². The lowest BCUT2D eigenvalue weighted by molar-refractivity contribution is 0.483. The van der Waals surface area contributed by atoms with Gasteiger partial charge in [0.05, 0.1) is 0 Å². The van der Waals surface area contributed by atoms with E-state index < -0.39 is 0 Å². The zero-order chi connectivity index (χ0) is 15.0. The molecule has 0 bridgehead atoms. The summed E-state index contributed by atoms with van der Waals surface area (Å²) in [5.74, 6) is 0. The molecule has 1 aromatic carbocycles. The number of nitrogens with zero attached hydrogens (tertiary/aromatic N) is 2. The van der Waals surface area contributed by atoms with Crippen LogP contribution >= 0.6 is 22.6 Å². The minimum atomic E-state index is 0.750. The summed E-state index contributed by atoms with van der Waals surface area (Å²) in [6, 6.07) is 8.66. The van der Waals surface area contributed by atoms with Crippen LogP contribution in [0.5, 0.6) is 0 Å². The normalized spacial score (nSPS) is 11.2. The Bertz CT molecular complexity index is 440. The van der Waals surface area contributed by atoms with E-state index in [0.29, 0.717) is 0 Å². The van der Waals surface area contributed by atoms with Crippen molar-refractivity contribution in [2.45, 2.75) is 12.8 Å². The average molecular weight is 380 g/mol. The number of rotatable bonds is 8. The zero-order valence-electron chi connectivity index (χ0n) is 12.3. The van der Waals surface area contributed by atoms with E-state index in [1.54, 1.807) is 0 Å². The van der Waals surface area contributed by atoms with Gasteiger partial charge in [0.2, 0.25) is 0 Å². The monoisotopic (exact) mass is 380 g/mol. The van der Waals surface area contributed by atoms with Gasteiger partial charge in [0.15, 0.2) is 7.98 Å². The van der Waals surface area contributed by atoms with E-state index in [9.17, 15) is 0 Å². The molecule has 0 saturated carbocycles. The third-order valence-electron chi connectivity index (χ3n) is 3.05. The Labute approximate surface area is 138 Å². The van der Waals surface area contributed by atoms with Crippen molar-refractivity contribution in [3.8, 4) is 0 Å². The van der Waals surface area contributed by atoms with Gasteiger partial charge in [-0.2, -0.15) is 0 Å². The van der Waals surface area contributed by atoms with Crippen LogP contribution in [0.25, 0.3) is 0 Å². The van der Waals surface area contributed by atoms with Crippen molar-refractivity contribution in [2.24, 2.45) is 0 Å². The van der Waals surface area contributed by atoms with E-state index in [1.165, 1.54) is 9.13 Å².